The zero-order valence-electron chi connectivity index (χ0n) is 18.4. The summed E-state index contributed by atoms with van der Waals surface area (Å²) >= 11 is 1.37. The van der Waals surface area contributed by atoms with Crippen molar-refractivity contribution < 1.29 is 23.8 Å². The van der Waals surface area contributed by atoms with Gasteiger partial charge in [-0.05, 0) is 54.3 Å². The number of para-hydroxylation sites is 1. The quantitative estimate of drug-likeness (QED) is 0.452. The topological polar surface area (TPSA) is 77.4 Å². The van der Waals surface area contributed by atoms with Crippen molar-refractivity contribution in [2.24, 2.45) is 5.10 Å². The second-order valence-corrected chi connectivity index (χ2v) is 8.20. The highest BCUT2D eigenvalue weighted by Gasteiger charge is 2.35. The first-order valence-electron chi connectivity index (χ1n) is 10.6. The number of hydrazone groups is 1. The third-order valence-corrected chi connectivity index (χ3v) is 6.06. The molecule has 0 N–H and O–H groups in total. The van der Waals surface area contributed by atoms with Crippen molar-refractivity contribution >= 4 is 28.9 Å². The fraction of sp³-hybridized carbons (Fsp3) is 0.240. The van der Waals surface area contributed by atoms with E-state index in [1.165, 1.54) is 16.3 Å². The third-order valence-electron chi connectivity index (χ3n) is 5.20. The number of ether oxygens (including phenoxy) is 3. The Morgan fingerprint density at radius 2 is 1.88 bits per heavy atom. The van der Waals surface area contributed by atoms with Gasteiger partial charge in [-0.2, -0.15) is 5.10 Å². The number of esters is 1. The van der Waals surface area contributed by atoms with Gasteiger partial charge >= 0.3 is 5.97 Å². The summed E-state index contributed by atoms with van der Waals surface area (Å²) in [5.41, 5.74) is 2.47. The lowest BCUT2D eigenvalue weighted by Crippen LogP contribution is -2.27. The third kappa shape index (κ3) is 5.06. The predicted octanol–water partition coefficient (Wildman–Crippen LogP) is 4.69. The summed E-state index contributed by atoms with van der Waals surface area (Å²) in [6.07, 6.45) is 0.503. The molecule has 2 heterocycles. The van der Waals surface area contributed by atoms with E-state index >= 15 is 0 Å². The van der Waals surface area contributed by atoms with Crippen LogP contribution in [0.4, 0.5) is 0 Å². The number of hydrogen-bond donors (Lipinski definition) is 0. The van der Waals surface area contributed by atoms with Crippen LogP contribution in [0.5, 0.6) is 11.5 Å². The van der Waals surface area contributed by atoms with Crippen molar-refractivity contribution in [3.8, 4) is 11.5 Å². The molecule has 0 aliphatic carbocycles. The van der Waals surface area contributed by atoms with Crippen LogP contribution in [0.25, 0.3) is 0 Å². The van der Waals surface area contributed by atoms with Gasteiger partial charge in [-0.1, -0.05) is 24.3 Å². The largest absolute Gasteiger partial charge is 0.497 e. The highest BCUT2D eigenvalue weighted by atomic mass is 32.1. The highest BCUT2D eigenvalue weighted by molar-refractivity contribution is 7.12. The minimum Gasteiger partial charge on any atom is -0.497 e. The van der Waals surface area contributed by atoms with Crippen molar-refractivity contribution in [2.45, 2.75) is 19.4 Å². The zero-order chi connectivity index (χ0) is 23.2. The molecule has 2 aromatic carbocycles. The first-order chi connectivity index (χ1) is 16.1. The molecule has 1 aliphatic heterocycles. The lowest BCUT2D eigenvalue weighted by atomic mass is 9.97. The van der Waals surface area contributed by atoms with Gasteiger partial charge in [-0.15, -0.1) is 11.3 Å². The normalized spacial score (nSPS) is 15.2. The molecule has 8 heteroatoms. The van der Waals surface area contributed by atoms with Gasteiger partial charge in [0.25, 0.3) is 5.91 Å². The van der Waals surface area contributed by atoms with Gasteiger partial charge in [0.1, 0.15) is 11.5 Å². The molecule has 0 unspecified atom stereocenters. The Bertz CT molecular complexity index is 1140. The van der Waals surface area contributed by atoms with Crippen LogP contribution in [0.15, 0.2) is 71.1 Å². The molecule has 0 radical (unpaired) electrons. The summed E-state index contributed by atoms with van der Waals surface area (Å²) in [7, 11) is 1.62. The Morgan fingerprint density at radius 3 is 2.58 bits per heavy atom. The molecule has 1 atom stereocenters. The average molecular weight is 465 g/mol. The number of nitrogens with zero attached hydrogens (tertiary/aromatic N) is 2. The first-order valence-corrected chi connectivity index (χ1v) is 11.4. The van der Waals surface area contributed by atoms with Crippen LogP contribution in [-0.4, -0.2) is 42.9 Å². The molecule has 0 saturated heterocycles. The maximum atomic E-state index is 13.3. The van der Waals surface area contributed by atoms with Crippen LogP contribution in [0.3, 0.4) is 0 Å². The van der Waals surface area contributed by atoms with E-state index in [4.69, 9.17) is 19.3 Å². The molecular formula is C25H24N2O5S. The number of benzene rings is 2. The molecule has 170 valence electrons. The first kappa shape index (κ1) is 22.5. The minimum absolute atomic E-state index is 0.182. The van der Waals surface area contributed by atoms with Crippen LogP contribution < -0.4 is 9.47 Å². The van der Waals surface area contributed by atoms with Crippen LogP contribution in [0, 0.1) is 0 Å². The van der Waals surface area contributed by atoms with E-state index in [1.54, 1.807) is 26.2 Å². The van der Waals surface area contributed by atoms with Gasteiger partial charge in [0, 0.05) is 12.0 Å². The maximum absolute atomic E-state index is 13.3. The van der Waals surface area contributed by atoms with Crippen molar-refractivity contribution in [3.63, 3.8) is 0 Å². The van der Waals surface area contributed by atoms with Crippen molar-refractivity contribution in [2.75, 3.05) is 20.3 Å². The van der Waals surface area contributed by atoms with E-state index in [2.05, 4.69) is 0 Å². The zero-order valence-corrected chi connectivity index (χ0v) is 19.2. The second kappa shape index (κ2) is 10.3. The van der Waals surface area contributed by atoms with E-state index in [1.807, 2.05) is 53.9 Å². The Morgan fingerprint density at radius 1 is 1.09 bits per heavy atom. The average Bonchev–Trinajstić information content (AvgIpc) is 3.54. The highest BCUT2D eigenvalue weighted by Crippen LogP contribution is 2.38. The van der Waals surface area contributed by atoms with Gasteiger partial charge in [0.05, 0.1) is 30.3 Å². The van der Waals surface area contributed by atoms with Crippen LogP contribution >= 0.6 is 11.3 Å². The van der Waals surface area contributed by atoms with E-state index < -0.39 is 5.97 Å². The molecule has 1 aromatic heterocycles. The number of amides is 1. The number of methoxy groups -OCH3 is 1. The molecule has 33 heavy (non-hydrogen) atoms. The van der Waals surface area contributed by atoms with E-state index in [0.717, 1.165) is 22.6 Å². The predicted molar refractivity (Wildman–Crippen MR) is 126 cm³/mol. The molecule has 4 rings (SSSR count). The van der Waals surface area contributed by atoms with Crippen molar-refractivity contribution in [1.29, 1.82) is 0 Å². The number of hydrogen-bond acceptors (Lipinski definition) is 7. The Labute approximate surface area is 196 Å². The van der Waals surface area contributed by atoms with Crippen LogP contribution in [-0.2, 0) is 9.53 Å². The van der Waals surface area contributed by atoms with Crippen LogP contribution in [0.1, 0.15) is 40.2 Å². The van der Waals surface area contributed by atoms with Gasteiger partial charge in [-0.3, -0.25) is 4.79 Å². The number of thiophene rings is 1. The van der Waals surface area contributed by atoms with Gasteiger partial charge in [0.15, 0.2) is 6.61 Å². The fourth-order valence-corrected chi connectivity index (χ4v) is 4.29. The summed E-state index contributed by atoms with van der Waals surface area (Å²) in [6.45, 7) is 1.83. The molecule has 7 nitrogen and oxygen atoms in total. The summed E-state index contributed by atoms with van der Waals surface area (Å²) < 4.78 is 16.0. The monoisotopic (exact) mass is 464 g/mol. The molecule has 0 bridgehead atoms. The SMILES string of the molecule is CCOC(=O)COc1ccccc1[C@H]1CC(c2ccc(OC)cc2)=NN1C(=O)c1cccs1. The number of rotatable bonds is 8. The van der Waals surface area contributed by atoms with E-state index in [0.29, 0.717) is 17.0 Å². The lowest BCUT2D eigenvalue weighted by Gasteiger charge is -2.23. The Kier molecular flexibility index (Phi) is 7.04. The summed E-state index contributed by atoms with van der Waals surface area (Å²) in [5, 5.41) is 8.09. The number of carbonyl (C=O) groups excluding carboxylic acids is 2. The minimum atomic E-state index is -0.444. The molecule has 0 fully saturated rings. The maximum Gasteiger partial charge on any atom is 0.344 e. The summed E-state index contributed by atoms with van der Waals surface area (Å²) in [5.74, 6) is 0.642. The molecule has 0 spiro atoms. The second-order valence-electron chi connectivity index (χ2n) is 7.25. The lowest BCUT2D eigenvalue weighted by molar-refractivity contribution is -0.145. The van der Waals surface area contributed by atoms with Crippen LogP contribution in [0.2, 0.25) is 0 Å². The van der Waals surface area contributed by atoms with E-state index in [9.17, 15) is 9.59 Å². The van der Waals surface area contributed by atoms with Crippen molar-refractivity contribution in [3.05, 3.63) is 82.0 Å². The van der Waals surface area contributed by atoms with E-state index in [-0.39, 0.29) is 25.2 Å². The van der Waals surface area contributed by atoms with Crippen molar-refractivity contribution in [1.82, 2.24) is 5.01 Å². The molecule has 0 saturated carbocycles. The van der Waals surface area contributed by atoms with Gasteiger partial charge in [0.2, 0.25) is 0 Å². The number of carbonyl (C=O) groups is 2. The molecular weight excluding hydrogens is 440 g/mol. The van der Waals surface area contributed by atoms with Gasteiger partial charge in [-0.25, -0.2) is 9.80 Å². The Hall–Kier alpha value is -3.65. The fourth-order valence-electron chi connectivity index (χ4n) is 3.64. The van der Waals surface area contributed by atoms with Gasteiger partial charge < -0.3 is 14.2 Å². The Balaban J connectivity index is 1.66. The molecule has 3 aromatic rings. The summed E-state index contributed by atoms with van der Waals surface area (Å²) in [4.78, 5) is 25.8. The summed E-state index contributed by atoms with van der Waals surface area (Å²) in [6, 6.07) is 18.2. The molecule has 1 amide bonds. The molecule has 1 aliphatic rings. The standard InChI is InChI=1S/C25H24N2O5S/c1-3-31-24(28)16-32-22-8-5-4-7-19(22)21-15-20(17-10-12-18(30-2)13-11-17)26-27(21)25(29)23-9-6-14-33-23/h4-14,21H,3,15-16H2,1-2H3/t21-/m1/s1. The smallest absolute Gasteiger partial charge is 0.344 e.